The molecule has 0 atom stereocenters. The van der Waals surface area contributed by atoms with Crippen molar-refractivity contribution in [3.05, 3.63) is 17.5 Å². The molecule has 0 aliphatic rings. The summed E-state index contributed by atoms with van der Waals surface area (Å²) < 4.78 is 38.2. The number of rotatable bonds is 6. The molecule has 17 heavy (non-hydrogen) atoms. The van der Waals surface area contributed by atoms with Crippen LogP contribution in [-0.4, -0.2) is 16.1 Å². The fourth-order valence-electron chi connectivity index (χ4n) is 1.53. The maximum absolute atomic E-state index is 12.4. The number of halogens is 3. The van der Waals surface area contributed by atoms with E-state index in [4.69, 9.17) is 0 Å². The molecule has 1 rings (SSSR count). The first-order valence-corrected chi connectivity index (χ1v) is 5.59. The van der Waals surface area contributed by atoms with E-state index in [1.165, 1.54) is 0 Å². The third-order valence-corrected chi connectivity index (χ3v) is 2.45. The van der Waals surface area contributed by atoms with Crippen LogP contribution in [0.3, 0.4) is 0 Å². The molecule has 96 valence electrons. The molecule has 3 nitrogen and oxygen atoms in total. The Morgan fingerprint density at radius 3 is 2.59 bits per heavy atom. The Labute approximate surface area is 97.6 Å². The van der Waals surface area contributed by atoms with E-state index in [1.807, 2.05) is 6.92 Å². The maximum Gasteiger partial charge on any atom is 0.435 e. The average molecular weight is 248 g/mol. The van der Waals surface area contributed by atoms with E-state index in [1.54, 1.807) is 0 Å². The van der Waals surface area contributed by atoms with Gasteiger partial charge in [0, 0.05) is 6.54 Å². The third-order valence-electron chi connectivity index (χ3n) is 2.45. The highest BCUT2D eigenvalue weighted by Gasteiger charge is 2.34. The summed E-state index contributed by atoms with van der Waals surface area (Å²) in [5, 5.41) is 3.41. The molecule has 0 bridgehead atoms. The van der Waals surface area contributed by atoms with Crippen LogP contribution in [0, 0.1) is 0 Å². The zero-order valence-electron chi connectivity index (χ0n) is 9.63. The Bertz CT molecular complexity index is 371. The van der Waals surface area contributed by atoms with Gasteiger partial charge in [-0.3, -0.25) is 9.48 Å². The van der Waals surface area contributed by atoms with Gasteiger partial charge in [-0.2, -0.15) is 18.3 Å². The molecule has 0 aliphatic heterocycles. The number of hydrogen-bond donors (Lipinski definition) is 0. The minimum Gasteiger partial charge on any atom is -0.296 e. The van der Waals surface area contributed by atoms with Gasteiger partial charge in [0.1, 0.15) is 5.69 Å². The third kappa shape index (κ3) is 3.87. The highest BCUT2D eigenvalue weighted by molar-refractivity contribution is 5.72. The normalized spacial score (nSPS) is 11.8. The molecule has 0 saturated carbocycles. The number of alkyl halides is 3. The van der Waals surface area contributed by atoms with Gasteiger partial charge in [-0.1, -0.05) is 26.2 Å². The highest BCUT2D eigenvalue weighted by Crippen LogP contribution is 2.28. The fraction of sp³-hybridized carbons (Fsp3) is 0.636. The number of aldehydes is 1. The molecule has 6 heteroatoms. The maximum atomic E-state index is 12.4. The molecule has 1 aromatic rings. The van der Waals surface area contributed by atoms with Crippen molar-refractivity contribution >= 4 is 6.29 Å². The number of aromatic nitrogens is 2. The lowest BCUT2D eigenvalue weighted by atomic mass is 10.2. The van der Waals surface area contributed by atoms with E-state index < -0.39 is 11.9 Å². The van der Waals surface area contributed by atoms with Crippen molar-refractivity contribution in [2.24, 2.45) is 0 Å². The number of nitrogens with zero attached hydrogens (tertiary/aromatic N) is 2. The fourth-order valence-corrected chi connectivity index (χ4v) is 1.53. The molecule has 0 aliphatic carbocycles. The molecule has 0 amide bonds. The summed E-state index contributed by atoms with van der Waals surface area (Å²) in [6.07, 6.45) is -0.352. The predicted octanol–water partition coefficient (Wildman–Crippen LogP) is 3.29. The second-order valence-corrected chi connectivity index (χ2v) is 3.85. The minimum absolute atomic E-state index is 0.0196. The first-order valence-electron chi connectivity index (χ1n) is 5.59. The molecule has 0 unspecified atom stereocenters. The van der Waals surface area contributed by atoms with Crippen molar-refractivity contribution < 1.29 is 18.0 Å². The van der Waals surface area contributed by atoms with E-state index >= 15 is 0 Å². The molecule has 1 heterocycles. The van der Waals surface area contributed by atoms with E-state index in [0.717, 1.165) is 36.4 Å². The van der Waals surface area contributed by atoms with E-state index in [9.17, 15) is 18.0 Å². The van der Waals surface area contributed by atoms with Crippen LogP contribution in [-0.2, 0) is 12.7 Å². The molecule has 0 N–H and O–H groups in total. The summed E-state index contributed by atoms with van der Waals surface area (Å²) in [7, 11) is 0. The quantitative estimate of drug-likeness (QED) is 0.572. The number of unbranched alkanes of at least 4 members (excludes halogenated alkanes) is 3. The van der Waals surface area contributed by atoms with Crippen LogP contribution in [0.1, 0.15) is 48.8 Å². The van der Waals surface area contributed by atoms with Gasteiger partial charge < -0.3 is 0 Å². The lowest BCUT2D eigenvalue weighted by Crippen LogP contribution is -2.09. The summed E-state index contributed by atoms with van der Waals surface area (Å²) in [4.78, 5) is 10.6. The van der Waals surface area contributed by atoms with Crippen molar-refractivity contribution in [2.45, 2.75) is 45.3 Å². The smallest absolute Gasteiger partial charge is 0.296 e. The standard InChI is InChI=1S/C11H15F3N2O/c1-2-3-4-5-6-16-9(8-17)7-10(15-16)11(12,13)14/h7-8H,2-6H2,1H3. The number of hydrogen-bond acceptors (Lipinski definition) is 2. The largest absolute Gasteiger partial charge is 0.435 e. The van der Waals surface area contributed by atoms with Crippen molar-refractivity contribution in [3.8, 4) is 0 Å². The first-order chi connectivity index (χ1) is 7.99. The summed E-state index contributed by atoms with van der Waals surface area (Å²) >= 11 is 0. The molecule has 0 saturated heterocycles. The Kier molecular flexibility index (Phi) is 4.72. The second-order valence-electron chi connectivity index (χ2n) is 3.85. The lowest BCUT2D eigenvalue weighted by molar-refractivity contribution is -0.141. The summed E-state index contributed by atoms with van der Waals surface area (Å²) in [5.41, 5.74) is -1.02. The zero-order chi connectivity index (χ0) is 12.9. The number of aryl methyl sites for hydroxylation is 1. The van der Waals surface area contributed by atoms with Gasteiger partial charge >= 0.3 is 6.18 Å². The van der Waals surface area contributed by atoms with Crippen molar-refractivity contribution in [2.75, 3.05) is 0 Å². The van der Waals surface area contributed by atoms with Crippen molar-refractivity contribution in [1.82, 2.24) is 9.78 Å². The Morgan fingerprint density at radius 2 is 2.06 bits per heavy atom. The Hall–Kier alpha value is -1.33. The molecular formula is C11H15F3N2O. The topological polar surface area (TPSA) is 34.9 Å². The van der Waals surface area contributed by atoms with Gasteiger partial charge in [0.15, 0.2) is 12.0 Å². The van der Waals surface area contributed by atoms with Crippen LogP contribution in [0.15, 0.2) is 6.07 Å². The van der Waals surface area contributed by atoms with Crippen LogP contribution in [0.5, 0.6) is 0 Å². The molecule has 0 fully saturated rings. The monoisotopic (exact) mass is 248 g/mol. The average Bonchev–Trinajstić information content (AvgIpc) is 2.67. The minimum atomic E-state index is -4.49. The van der Waals surface area contributed by atoms with E-state index in [0.29, 0.717) is 12.8 Å². The van der Waals surface area contributed by atoms with Crippen LogP contribution < -0.4 is 0 Å². The second kappa shape index (κ2) is 5.84. The van der Waals surface area contributed by atoms with Crippen molar-refractivity contribution in [1.29, 1.82) is 0 Å². The van der Waals surface area contributed by atoms with Crippen LogP contribution in [0.2, 0.25) is 0 Å². The van der Waals surface area contributed by atoms with Gasteiger partial charge in [-0.15, -0.1) is 0 Å². The van der Waals surface area contributed by atoms with Gasteiger partial charge in [-0.05, 0) is 12.5 Å². The molecule has 0 spiro atoms. The first kappa shape index (κ1) is 13.7. The zero-order valence-corrected chi connectivity index (χ0v) is 9.63. The molecule has 0 aromatic carbocycles. The van der Waals surface area contributed by atoms with Crippen LogP contribution in [0.25, 0.3) is 0 Å². The van der Waals surface area contributed by atoms with Crippen LogP contribution in [0.4, 0.5) is 13.2 Å². The van der Waals surface area contributed by atoms with Gasteiger partial charge in [0.2, 0.25) is 0 Å². The molecule has 1 aromatic heterocycles. The van der Waals surface area contributed by atoms with Gasteiger partial charge in [0.05, 0.1) is 0 Å². The molecular weight excluding hydrogens is 233 g/mol. The van der Waals surface area contributed by atoms with E-state index in [-0.39, 0.29) is 5.69 Å². The van der Waals surface area contributed by atoms with Crippen LogP contribution >= 0.6 is 0 Å². The highest BCUT2D eigenvalue weighted by atomic mass is 19.4. The lowest BCUT2D eigenvalue weighted by Gasteiger charge is -2.03. The number of carbonyl (C=O) groups excluding carboxylic acids is 1. The predicted molar refractivity (Wildman–Crippen MR) is 56.8 cm³/mol. The Balaban J connectivity index is 2.70. The van der Waals surface area contributed by atoms with E-state index in [2.05, 4.69) is 5.10 Å². The van der Waals surface area contributed by atoms with Gasteiger partial charge in [0.25, 0.3) is 0 Å². The SMILES string of the molecule is CCCCCCn1nc(C(F)(F)F)cc1C=O. The van der Waals surface area contributed by atoms with Gasteiger partial charge in [-0.25, -0.2) is 0 Å². The summed E-state index contributed by atoms with van der Waals surface area (Å²) in [5.74, 6) is 0. The summed E-state index contributed by atoms with van der Waals surface area (Å²) in [6.45, 7) is 2.40. The Morgan fingerprint density at radius 1 is 1.35 bits per heavy atom. The molecule has 0 radical (unpaired) electrons. The van der Waals surface area contributed by atoms with Crippen molar-refractivity contribution in [3.63, 3.8) is 0 Å². The summed E-state index contributed by atoms with van der Waals surface area (Å²) in [6, 6.07) is 0.785. The number of carbonyl (C=O) groups is 1.